The highest BCUT2D eigenvalue weighted by Gasteiger charge is 2.13. The molecule has 0 bridgehead atoms. The normalized spacial score (nSPS) is 9.15. The van der Waals surface area contributed by atoms with Gasteiger partial charge in [-0.2, -0.15) is 5.26 Å². The molecule has 1 aromatic heterocycles. The number of amides is 1. The smallest absolute Gasteiger partial charge is 0.251 e. The van der Waals surface area contributed by atoms with Crippen molar-refractivity contribution in [3.63, 3.8) is 0 Å². The van der Waals surface area contributed by atoms with Crippen LogP contribution < -0.4 is 11.3 Å². The van der Waals surface area contributed by atoms with Crippen LogP contribution in [0.4, 0.5) is 0 Å². The molecule has 6 heteroatoms. The quantitative estimate of drug-likeness (QED) is 0.514. The van der Waals surface area contributed by atoms with Crippen molar-refractivity contribution in [3.05, 3.63) is 27.5 Å². The fourth-order valence-electron chi connectivity index (χ4n) is 0.854. The number of nitrogens with two attached hydrogens (primary N) is 1. The number of aromatic nitrogens is 1. The lowest BCUT2D eigenvalue weighted by atomic mass is 10.1. The third kappa shape index (κ3) is 1.49. The molecule has 0 unspecified atom stereocenters. The Morgan fingerprint density at radius 1 is 1.69 bits per heavy atom. The van der Waals surface area contributed by atoms with Crippen LogP contribution in [-0.4, -0.2) is 16.0 Å². The number of carbonyl (C=O) groups excluding carboxylic acids is 1. The number of nitriles is 1. The fourth-order valence-corrected chi connectivity index (χ4v) is 0.854. The van der Waals surface area contributed by atoms with Gasteiger partial charge in [0.15, 0.2) is 0 Å². The number of hydrogen-bond donors (Lipinski definition) is 3. The molecule has 0 spiro atoms. The SMILES string of the molecule is N#Cc1c(C(N)=O)cc(=O)[nH]c1O. The molecule has 1 heterocycles. The van der Waals surface area contributed by atoms with Crippen LogP contribution in [0.25, 0.3) is 0 Å². The minimum atomic E-state index is -0.932. The Balaban J connectivity index is 3.59. The average Bonchev–Trinajstić information content (AvgIpc) is 2.02. The van der Waals surface area contributed by atoms with Crippen molar-refractivity contribution < 1.29 is 9.90 Å². The van der Waals surface area contributed by atoms with Crippen molar-refractivity contribution in [2.24, 2.45) is 5.73 Å². The Labute approximate surface area is 72.2 Å². The maximum atomic E-state index is 10.8. The molecule has 0 aliphatic rings. The molecule has 13 heavy (non-hydrogen) atoms. The second-order valence-electron chi connectivity index (χ2n) is 2.25. The first kappa shape index (κ1) is 8.80. The van der Waals surface area contributed by atoms with Gasteiger partial charge in [0.2, 0.25) is 11.8 Å². The van der Waals surface area contributed by atoms with E-state index in [1.54, 1.807) is 6.07 Å². The molecule has 0 fully saturated rings. The van der Waals surface area contributed by atoms with E-state index in [4.69, 9.17) is 16.1 Å². The number of H-pyrrole nitrogens is 1. The van der Waals surface area contributed by atoms with E-state index >= 15 is 0 Å². The molecule has 1 rings (SSSR count). The summed E-state index contributed by atoms with van der Waals surface area (Å²) in [6.45, 7) is 0. The van der Waals surface area contributed by atoms with Crippen LogP contribution in [0, 0.1) is 11.3 Å². The van der Waals surface area contributed by atoms with Crippen molar-refractivity contribution in [1.29, 1.82) is 5.26 Å². The van der Waals surface area contributed by atoms with Crippen molar-refractivity contribution in [3.8, 4) is 11.9 Å². The summed E-state index contributed by atoms with van der Waals surface area (Å²) in [6, 6.07) is 2.41. The van der Waals surface area contributed by atoms with Gasteiger partial charge >= 0.3 is 0 Å². The zero-order chi connectivity index (χ0) is 10.0. The molecule has 0 atom stereocenters. The number of aromatic amines is 1. The zero-order valence-corrected chi connectivity index (χ0v) is 6.37. The summed E-state index contributed by atoms with van der Waals surface area (Å²) in [5.41, 5.74) is 3.57. The van der Waals surface area contributed by atoms with Gasteiger partial charge in [0.1, 0.15) is 11.6 Å². The third-order valence-electron chi connectivity index (χ3n) is 1.40. The van der Waals surface area contributed by atoms with Gasteiger partial charge in [-0.05, 0) is 0 Å². The van der Waals surface area contributed by atoms with Gasteiger partial charge in [0.05, 0.1) is 5.56 Å². The van der Waals surface area contributed by atoms with E-state index in [0.29, 0.717) is 0 Å². The van der Waals surface area contributed by atoms with E-state index in [0.717, 1.165) is 6.07 Å². The minimum Gasteiger partial charge on any atom is -0.494 e. The monoisotopic (exact) mass is 179 g/mol. The number of aromatic hydroxyl groups is 1. The standard InChI is InChI=1S/C7H5N3O3/c8-2-4-3(6(9)12)1-5(11)10-7(4)13/h1H,(H2,9,12)(H2,10,11,13). The summed E-state index contributed by atoms with van der Waals surface area (Å²) in [5, 5.41) is 17.5. The van der Waals surface area contributed by atoms with Gasteiger partial charge in [-0.25, -0.2) is 0 Å². The molecule has 0 radical (unpaired) electrons. The second kappa shape index (κ2) is 2.98. The first-order valence-electron chi connectivity index (χ1n) is 3.22. The number of nitrogens with zero attached hydrogens (tertiary/aromatic N) is 1. The first-order chi connectivity index (χ1) is 6.06. The van der Waals surface area contributed by atoms with Gasteiger partial charge in [-0.3, -0.25) is 14.6 Å². The van der Waals surface area contributed by atoms with E-state index in [1.807, 2.05) is 4.98 Å². The highest BCUT2D eigenvalue weighted by molar-refractivity contribution is 5.95. The number of hydrogen-bond acceptors (Lipinski definition) is 4. The first-order valence-corrected chi connectivity index (χ1v) is 3.22. The van der Waals surface area contributed by atoms with Crippen molar-refractivity contribution in [2.45, 2.75) is 0 Å². The minimum absolute atomic E-state index is 0.288. The van der Waals surface area contributed by atoms with Gasteiger partial charge in [0, 0.05) is 6.07 Å². The van der Waals surface area contributed by atoms with E-state index < -0.39 is 17.3 Å². The Hall–Kier alpha value is -2.29. The Kier molecular flexibility index (Phi) is 2.02. The van der Waals surface area contributed by atoms with Crippen LogP contribution in [0.15, 0.2) is 10.9 Å². The average molecular weight is 179 g/mol. The molecule has 0 saturated heterocycles. The summed E-state index contributed by atoms with van der Waals surface area (Å²) < 4.78 is 0. The lowest BCUT2D eigenvalue weighted by Crippen LogP contribution is -2.18. The molecule has 0 aromatic carbocycles. The Bertz CT molecular complexity index is 455. The Morgan fingerprint density at radius 3 is 2.77 bits per heavy atom. The summed E-state index contributed by atoms with van der Waals surface area (Å²) in [5.74, 6) is -1.58. The summed E-state index contributed by atoms with van der Waals surface area (Å²) in [4.78, 5) is 23.4. The molecular formula is C7H5N3O3. The van der Waals surface area contributed by atoms with Crippen molar-refractivity contribution in [1.82, 2.24) is 4.98 Å². The molecule has 0 saturated carbocycles. The number of rotatable bonds is 1. The van der Waals surface area contributed by atoms with E-state index in [2.05, 4.69) is 0 Å². The lowest BCUT2D eigenvalue weighted by Gasteiger charge is -1.99. The third-order valence-corrected chi connectivity index (χ3v) is 1.40. The molecule has 0 aliphatic heterocycles. The summed E-state index contributed by atoms with van der Waals surface area (Å²) in [7, 11) is 0. The molecule has 0 aliphatic carbocycles. The number of pyridine rings is 1. The maximum absolute atomic E-state index is 10.8. The largest absolute Gasteiger partial charge is 0.494 e. The summed E-state index contributed by atoms with van der Waals surface area (Å²) >= 11 is 0. The van der Waals surface area contributed by atoms with E-state index in [9.17, 15) is 9.59 Å². The predicted octanol–water partition coefficient (Wildman–Crippen LogP) is -0.949. The summed E-state index contributed by atoms with van der Waals surface area (Å²) in [6.07, 6.45) is 0. The van der Waals surface area contributed by atoms with Crippen molar-refractivity contribution >= 4 is 5.91 Å². The zero-order valence-electron chi connectivity index (χ0n) is 6.37. The molecule has 4 N–H and O–H groups in total. The molecule has 66 valence electrons. The fraction of sp³-hybridized carbons (Fsp3) is 0. The van der Waals surface area contributed by atoms with Gasteiger partial charge < -0.3 is 10.8 Å². The van der Waals surface area contributed by atoms with Crippen molar-refractivity contribution in [2.75, 3.05) is 0 Å². The molecule has 6 nitrogen and oxygen atoms in total. The predicted molar refractivity (Wildman–Crippen MR) is 42.0 cm³/mol. The molecular weight excluding hydrogens is 174 g/mol. The van der Waals surface area contributed by atoms with Gasteiger partial charge in [0.25, 0.3) is 5.56 Å². The molecule has 1 amide bonds. The van der Waals surface area contributed by atoms with Crippen LogP contribution in [0.1, 0.15) is 15.9 Å². The van der Waals surface area contributed by atoms with Crippen LogP contribution in [0.5, 0.6) is 5.88 Å². The van der Waals surface area contributed by atoms with Crippen LogP contribution in [0.2, 0.25) is 0 Å². The van der Waals surface area contributed by atoms with Gasteiger partial charge in [-0.1, -0.05) is 0 Å². The highest BCUT2D eigenvalue weighted by atomic mass is 16.3. The highest BCUT2D eigenvalue weighted by Crippen LogP contribution is 2.13. The molecule has 1 aromatic rings. The van der Waals surface area contributed by atoms with Crippen LogP contribution >= 0.6 is 0 Å². The number of carbonyl (C=O) groups is 1. The van der Waals surface area contributed by atoms with Gasteiger partial charge in [-0.15, -0.1) is 0 Å². The van der Waals surface area contributed by atoms with Crippen LogP contribution in [0.3, 0.4) is 0 Å². The van der Waals surface area contributed by atoms with Crippen LogP contribution in [-0.2, 0) is 0 Å². The lowest BCUT2D eigenvalue weighted by molar-refractivity contribution is 0.0999. The van der Waals surface area contributed by atoms with E-state index in [-0.39, 0.29) is 11.1 Å². The van der Waals surface area contributed by atoms with E-state index in [1.165, 1.54) is 0 Å². The maximum Gasteiger partial charge on any atom is 0.251 e. The number of primary amides is 1. The number of nitrogens with one attached hydrogen (secondary N) is 1. The second-order valence-corrected chi connectivity index (χ2v) is 2.25. The topological polar surface area (TPSA) is 120 Å². The Morgan fingerprint density at radius 2 is 2.31 bits per heavy atom.